The Labute approximate surface area is 94.1 Å². The van der Waals surface area contributed by atoms with Gasteiger partial charge in [0.05, 0.1) is 5.92 Å². The number of benzene rings is 1. The van der Waals surface area contributed by atoms with Gasteiger partial charge in [0.2, 0.25) is 0 Å². The summed E-state index contributed by atoms with van der Waals surface area (Å²) < 4.78 is 13.1. The minimum Gasteiger partial charge on any atom is -0.481 e. The summed E-state index contributed by atoms with van der Waals surface area (Å²) >= 11 is 0. The van der Waals surface area contributed by atoms with Crippen LogP contribution in [0.4, 0.5) is 4.39 Å². The van der Waals surface area contributed by atoms with Crippen molar-refractivity contribution in [3.05, 3.63) is 35.1 Å². The highest BCUT2D eigenvalue weighted by molar-refractivity contribution is 5.77. The number of aryl methyl sites for hydroxylation is 1. The van der Waals surface area contributed by atoms with Crippen molar-refractivity contribution >= 4 is 5.97 Å². The first kappa shape index (κ1) is 11.1. The Kier molecular flexibility index (Phi) is 2.30. The van der Waals surface area contributed by atoms with Crippen molar-refractivity contribution in [1.29, 1.82) is 0 Å². The molecule has 1 N–H and O–H groups in total. The minimum absolute atomic E-state index is 0.00398. The van der Waals surface area contributed by atoms with E-state index in [0.717, 1.165) is 5.56 Å². The Morgan fingerprint density at radius 2 is 2.06 bits per heavy atom. The number of carboxylic acid groups (broad SMARTS) is 1. The summed E-state index contributed by atoms with van der Waals surface area (Å²) in [7, 11) is 0. The lowest BCUT2D eigenvalue weighted by Crippen LogP contribution is -2.03. The number of hydrogen-bond donors (Lipinski definition) is 1. The first-order chi connectivity index (χ1) is 7.35. The van der Waals surface area contributed by atoms with Crippen LogP contribution in [-0.2, 0) is 4.79 Å². The first-order valence-electron chi connectivity index (χ1n) is 5.34. The molecule has 0 aliphatic heterocycles. The molecule has 0 heterocycles. The second-order valence-corrected chi connectivity index (χ2v) is 5.12. The molecule has 1 aliphatic carbocycles. The van der Waals surface area contributed by atoms with Crippen LogP contribution in [0.2, 0.25) is 0 Å². The van der Waals surface area contributed by atoms with Crippen LogP contribution in [0.5, 0.6) is 0 Å². The number of rotatable bonds is 2. The van der Waals surface area contributed by atoms with E-state index in [0.29, 0.717) is 5.56 Å². The van der Waals surface area contributed by atoms with E-state index in [9.17, 15) is 9.18 Å². The van der Waals surface area contributed by atoms with Crippen molar-refractivity contribution in [2.45, 2.75) is 26.7 Å². The quantitative estimate of drug-likeness (QED) is 0.835. The molecule has 1 saturated carbocycles. The molecule has 2 nitrogen and oxygen atoms in total. The lowest BCUT2D eigenvalue weighted by atomic mass is 10.0. The van der Waals surface area contributed by atoms with Crippen LogP contribution < -0.4 is 0 Å². The van der Waals surface area contributed by atoms with Gasteiger partial charge in [0.25, 0.3) is 0 Å². The Hall–Kier alpha value is -1.38. The molecule has 16 heavy (non-hydrogen) atoms. The second kappa shape index (κ2) is 3.30. The van der Waals surface area contributed by atoms with Crippen LogP contribution in [0, 0.1) is 24.1 Å². The minimum atomic E-state index is -0.767. The fourth-order valence-corrected chi connectivity index (χ4v) is 2.58. The van der Waals surface area contributed by atoms with Crippen LogP contribution >= 0.6 is 0 Å². The van der Waals surface area contributed by atoms with Crippen LogP contribution in [0.1, 0.15) is 30.9 Å². The van der Waals surface area contributed by atoms with Gasteiger partial charge >= 0.3 is 5.97 Å². The normalized spacial score (nSPS) is 26.5. The molecular weight excluding hydrogens is 207 g/mol. The Morgan fingerprint density at radius 1 is 1.44 bits per heavy atom. The van der Waals surface area contributed by atoms with Gasteiger partial charge in [0, 0.05) is 5.92 Å². The van der Waals surface area contributed by atoms with Crippen molar-refractivity contribution in [2.24, 2.45) is 11.3 Å². The summed E-state index contributed by atoms with van der Waals surface area (Å²) in [5.41, 5.74) is 1.27. The summed E-state index contributed by atoms with van der Waals surface area (Å²) in [5.74, 6) is -1.35. The van der Waals surface area contributed by atoms with Crippen molar-refractivity contribution in [3.8, 4) is 0 Å². The molecule has 0 saturated heterocycles. The SMILES string of the molecule is Cc1cc([C@@H]2[C@@H](C(=O)O)C2(C)C)ccc1F. The van der Waals surface area contributed by atoms with Gasteiger partial charge in [0.1, 0.15) is 5.82 Å². The third kappa shape index (κ3) is 1.51. The van der Waals surface area contributed by atoms with E-state index >= 15 is 0 Å². The van der Waals surface area contributed by atoms with E-state index in [1.54, 1.807) is 19.1 Å². The van der Waals surface area contributed by atoms with Crippen molar-refractivity contribution in [1.82, 2.24) is 0 Å². The average molecular weight is 222 g/mol. The molecule has 0 amide bonds. The van der Waals surface area contributed by atoms with Gasteiger partial charge in [-0.05, 0) is 29.5 Å². The van der Waals surface area contributed by atoms with E-state index in [2.05, 4.69) is 0 Å². The number of aliphatic carboxylic acids is 1. The molecule has 0 unspecified atom stereocenters. The number of halogens is 1. The Morgan fingerprint density at radius 3 is 2.50 bits per heavy atom. The molecule has 0 bridgehead atoms. The van der Waals surface area contributed by atoms with E-state index in [1.165, 1.54) is 6.07 Å². The van der Waals surface area contributed by atoms with Crippen LogP contribution in [0.3, 0.4) is 0 Å². The number of hydrogen-bond acceptors (Lipinski definition) is 1. The van der Waals surface area contributed by atoms with Crippen molar-refractivity contribution < 1.29 is 14.3 Å². The highest BCUT2D eigenvalue weighted by Crippen LogP contribution is 2.64. The van der Waals surface area contributed by atoms with E-state index < -0.39 is 5.97 Å². The zero-order chi connectivity index (χ0) is 12.1. The average Bonchev–Trinajstić information content (AvgIpc) is 2.74. The molecule has 1 aliphatic rings. The number of carbonyl (C=O) groups is 1. The summed E-state index contributed by atoms with van der Waals surface area (Å²) in [6, 6.07) is 4.86. The van der Waals surface area contributed by atoms with Gasteiger partial charge in [-0.1, -0.05) is 26.0 Å². The van der Waals surface area contributed by atoms with Gasteiger partial charge in [-0.25, -0.2) is 4.39 Å². The van der Waals surface area contributed by atoms with E-state index in [-0.39, 0.29) is 23.1 Å². The van der Waals surface area contributed by atoms with Gasteiger partial charge in [-0.2, -0.15) is 0 Å². The Bertz CT molecular complexity index is 451. The van der Waals surface area contributed by atoms with Gasteiger partial charge < -0.3 is 5.11 Å². The zero-order valence-corrected chi connectivity index (χ0v) is 9.62. The topological polar surface area (TPSA) is 37.3 Å². The fourth-order valence-electron chi connectivity index (χ4n) is 2.58. The molecular formula is C13H15FO2. The summed E-state index contributed by atoms with van der Waals surface area (Å²) in [6.07, 6.45) is 0. The molecule has 2 atom stereocenters. The Balaban J connectivity index is 2.33. The number of carboxylic acids is 1. The summed E-state index contributed by atoms with van der Waals surface area (Å²) in [6.45, 7) is 5.58. The van der Waals surface area contributed by atoms with Gasteiger partial charge in [-0.3, -0.25) is 4.79 Å². The standard InChI is InChI=1S/C13H15FO2/c1-7-6-8(4-5-9(7)14)10-11(12(15)16)13(10,2)3/h4-6,10-11H,1-3H3,(H,15,16)/t10-,11+/m1/s1. The smallest absolute Gasteiger partial charge is 0.307 e. The largest absolute Gasteiger partial charge is 0.481 e. The summed E-state index contributed by atoms with van der Waals surface area (Å²) in [4.78, 5) is 11.0. The highest BCUT2D eigenvalue weighted by atomic mass is 19.1. The second-order valence-electron chi connectivity index (χ2n) is 5.12. The highest BCUT2D eigenvalue weighted by Gasteiger charge is 2.62. The lowest BCUT2D eigenvalue weighted by Gasteiger charge is -2.04. The maximum Gasteiger partial charge on any atom is 0.307 e. The molecule has 1 aromatic rings. The molecule has 86 valence electrons. The van der Waals surface area contributed by atoms with Crippen LogP contribution in [-0.4, -0.2) is 11.1 Å². The summed E-state index contributed by atoms with van der Waals surface area (Å²) in [5, 5.41) is 9.07. The van der Waals surface area contributed by atoms with Crippen LogP contribution in [0.25, 0.3) is 0 Å². The van der Waals surface area contributed by atoms with Crippen molar-refractivity contribution in [2.75, 3.05) is 0 Å². The van der Waals surface area contributed by atoms with Gasteiger partial charge in [-0.15, -0.1) is 0 Å². The molecule has 0 radical (unpaired) electrons. The molecule has 0 aromatic heterocycles. The monoisotopic (exact) mass is 222 g/mol. The van der Waals surface area contributed by atoms with Crippen LogP contribution in [0.15, 0.2) is 18.2 Å². The maximum atomic E-state index is 13.1. The van der Waals surface area contributed by atoms with Gasteiger partial charge in [0.15, 0.2) is 0 Å². The van der Waals surface area contributed by atoms with E-state index in [4.69, 9.17) is 5.11 Å². The first-order valence-corrected chi connectivity index (χ1v) is 5.34. The molecule has 3 heteroatoms. The van der Waals surface area contributed by atoms with Crippen molar-refractivity contribution in [3.63, 3.8) is 0 Å². The maximum absolute atomic E-state index is 13.1. The molecule has 2 rings (SSSR count). The lowest BCUT2D eigenvalue weighted by molar-refractivity contribution is -0.139. The molecule has 1 fully saturated rings. The third-order valence-corrected chi connectivity index (χ3v) is 3.63. The van der Waals surface area contributed by atoms with E-state index in [1.807, 2.05) is 13.8 Å². The molecule has 1 aromatic carbocycles. The predicted molar refractivity (Wildman–Crippen MR) is 58.8 cm³/mol. The fraction of sp³-hybridized carbons (Fsp3) is 0.462. The predicted octanol–water partition coefficient (Wildman–Crippen LogP) is 2.96. The zero-order valence-electron chi connectivity index (χ0n) is 9.62. The third-order valence-electron chi connectivity index (χ3n) is 3.63. The molecule has 0 spiro atoms.